The molecule has 0 unspecified atom stereocenters. The number of urea groups is 1. The Hall–Kier alpha value is -3.82. The number of halogens is 2. The monoisotopic (exact) mass is 726 g/mol. The first-order valence-corrected chi connectivity index (χ1v) is 14.7. The molecule has 0 fully saturated rings. The Morgan fingerprint density at radius 2 is 1.81 bits per heavy atom. The van der Waals surface area contributed by atoms with Gasteiger partial charge in [-0.2, -0.15) is 5.10 Å². The van der Waals surface area contributed by atoms with Gasteiger partial charge in [0, 0.05) is 5.70 Å². The number of esters is 2. The standard InChI is InChI=1S/C28H32Br2N4O9/c1-5-40-21-11-17(25-24(27(37)39-4)15(3)32-28(38)33-25)7-8-20(21)42-13-22(35)34-31-12-16-9-18(29)26(19(30)10-16)43-14-23(36)41-6-2/h7-12,22,25,34-35H,5-6,13-14H2,1-4H3,(H2,32,33,38)/b31-12-/t22-,25-/m1/s1. The van der Waals surface area contributed by atoms with Crippen LogP contribution in [-0.4, -0.2) is 69.1 Å². The van der Waals surface area contributed by atoms with Crippen molar-refractivity contribution in [2.45, 2.75) is 33.0 Å². The third kappa shape index (κ3) is 9.33. The van der Waals surface area contributed by atoms with Crippen molar-refractivity contribution in [3.05, 3.63) is 61.7 Å². The highest BCUT2D eigenvalue weighted by Gasteiger charge is 2.32. The third-order valence-electron chi connectivity index (χ3n) is 5.77. The number of methoxy groups -OCH3 is 1. The van der Waals surface area contributed by atoms with E-state index < -0.39 is 30.2 Å². The Kier molecular flexibility index (Phi) is 12.6. The van der Waals surface area contributed by atoms with Gasteiger partial charge in [0.15, 0.2) is 24.3 Å². The van der Waals surface area contributed by atoms with Crippen LogP contribution in [0.1, 0.15) is 37.9 Å². The summed E-state index contributed by atoms with van der Waals surface area (Å²) in [4.78, 5) is 36.1. The highest BCUT2D eigenvalue weighted by molar-refractivity contribution is 9.11. The van der Waals surface area contributed by atoms with Gasteiger partial charge in [-0.3, -0.25) is 5.43 Å². The lowest BCUT2D eigenvalue weighted by molar-refractivity contribution is -0.145. The summed E-state index contributed by atoms with van der Waals surface area (Å²) in [6.45, 7) is 5.30. The number of hydrazone groups is 1. The van der Waals surface area contributed by atoms with E-state index in [4.69, 9.17) is 23.7 Å². The van der Waals surface area contributed by atoms with Crippen LogP contribution >= 0.6 is 31.9 Å². The Morgan fingerprint density at radius 3 is 2.47 bits per heavy atom. The van der Waals surface area contributed by atoms with Crippen molar-refractivity contribution >= 4 is 56.0 Å². The Balaban J connectivity index is 1.64. The molecule has 0 radical (unpaired) electrons. The van der Waals surface area contributed by atoms with Crippen LogP contribution in [-0.2, 0) is 19.1 Å². The molecule has 2 amide bonds. The van der Waals surface area contributed by atoms with Crippen LogP contribution in [0.15, 0.2) is 55.6 Å². The molecule has 4 N–H and O–H groups in total. The summed E-state index contributed by atoms with van der Waals surface area (Å²) in [7, 11) is 1.27. The van der Waals surface area contributed by atoms with Gasteiger partial charge in [-0.05, 0) is 88.0 Å². The zero-order chi connectivity index (χ0) is 31.5. The van der Waals surface area contributed by atoms with Crippen LogP contribution in [0.5, 0.6) is 17.2 Å². The second kappa shape index (κ2) is 16.1. The molecule has 1 heterocycles. The van der Waals surface area contributed by atoms with Gasteiger partial charge in [0.05, 0.1) is 47.1 Å². The second-order valence-corrected chi connectivity index (χ2v) is 10.5. The zero-order valence-electron chi connectivity index (χ0n) is 23.9. The Labute approximate surface area is 265 Å². The lowest BCUT2D eigenvalue weighted by atomic mass is 9.95. The topological polar surface area (TPSA) is 166 Å². The molecule has 0 bridgehead atoms. The van der Waals surface area contributed by atoms with Crippen molar-refractivity contribution in [3.8, 4) is 17.2 Å². The Morgan fingerprint density at radius 1 is 1.09 bits per heavy atom. The van der Waals surface area contributed by atoms with Crippen molar-refractivity contribution < 1.29 is 43.2 Å². The number of amides is 2. The third-order valence-corrected chi connectivity index (χ3v) is 6.95. The first-order chi connectivity index (χ1) is 20.6. The van der Waals surface area contributed by atoms with E-state index in [1.165, 1.54) is 13.3 Å². The second-order valence-electron chi connectivity index (χ2n) is 8.82. The van der Waals surface area contributed by atoms with Gasteiger partial charge in [0.1, 0.15) is 12.4 Å². The summed E-state index contributed by atoms with van der Waals surface area (Å²) in [5.41, 5.74) is 4.46. The van der Waals surface area contributed by atoms with Crippen molar-refractivity contribution in [1.82, 2.24) is 16.1 Å². The molecule has 2 aromatic rings. The fourth-order valence-corrected chi connectivity index (χ4v) is 5.40. The summed E-state index contributed by atoms with van der Waals surface area (Å²) in [6.07, 6.45) is 0.306. The van der Waals surface area contributed by atoms with Crippen LogP contribution < -0.4 is 30.3 Å². The summed E-state index contributed by atoms with van der Waals surface area (Å²) in [5, 5.41) is 19.7. The molecular weight excluding hydrogens is 696 g/mol. The number of carbonyl (C=O) groups is 3. The van der Waals surface area contributed by atoms with Crippen LogP contribution in [0.3, 0.4) is 0 Å². The maximum Gasteiger partial charge on any atom is 0.344 e. The van der Waals surface area contributed by atoms with E-state index in [1.54, 1.807) is 51.1 Å². The van der Waals surface area contributed by atoms with Crippen molar-refractivity contribution in [3.63, 3.8) is 0 Å². The van der Waals surface area contributed by atoms with Gasteiger partial charge >= 0.3 is 18.0 Å². The molecule has 1 aliphatic rings. The summed E-state index contributed by atoms with van der Waals surface area (Å²) in [6, 6.07) is 7.17. The van der Waals surface area contributed by atoms with E-state index in [0.29, 0.717) is 49.6 Å². The maximum atomic E-state index is 12.4. The van der Waals surface area contributed by atoms with E-state index in [1.807, 2.05) is 0 Å². The smallest absolute Gasteiger partial charge is 0.344 e. The predicted molar refractivity (Wildman–Crippen MR) is 163 cm³/mol. The lowest BCUT2D eigenvalue weighted by Crippen LogP contribution is -2.45. The molecule has 0 aliphatic carbocycles. The van der Waals surface area contributed by atoms with Crippen molar-refractivity contribution in [2.24, 2.45) is 5.10 Å². The molecule has 1 aliphatic heterocycles. The molecule has 0 saturated carbocycles. The van der Waals surface area contributed by atoms with Gasteiger partial charge in [0.2, 0.25) is 0 Å². The van der Waals surface area contributed by atoms with Crippen molar-refractivity contribution in [2.75, 3.05) is 33.5 Å². The summed E-state index contributed by atoms with van der Waals surface area (Å²) >= 11 is 6.82. The fourth-order valence-electron chi connectivity index (χ4n) is 3.95. The zero-order valence-corrected chi connectivity index (χ0v) is 27.0. The predicted octanol–water partition coefficient (Wildman–Crippen LogP) is 3.67. The maximum absolute atomic E-state index is 12.4. The molecule has 232 valence electrons. The van der Waals surface area contributed by atoms with Gasteiger partial charge in [-0.1, -0.05) is 6.07 Å². The van der Waals surface area contributed by atoms with E-state index in [-0.39, 0.29) is 25.4 Å². The lowest BCUT2D eigenvalue weighted by Gasteiger charge is -2.28. The number of ether oxygens (including phenoxy) is 5. The first-order valence-electron chi connectivity index (χ1n) is 13.1. The quantitative estimate of drug-likeness (QED) is 0.0977. The summed E-state index contributed by atoms with van der Waals surface area (Å²) in [5.74, 6) is 0.0541. The number of carbonyl (C=O) groups excluding carboxylic acids is 3. The number of nitrogens with zero attached hydrogens (tertiary/aromatic N) is 1. The highest BCUT2D eigenvalue weighted by atomic mass is 79.9. The number of allylic oxidation sites excluding steroid dienone is 1. The minimum atomic E-state index is -1.18. The molecule has 2 atom stereocenters. The number of nitrogens with one attached hydrogen (secondary N) is 3. The van der Waals surface area contributed by atoms with E-state index in [0.717, 1.165) is 0 Å². The normalized spacial score (nSPS) is 15.3. The number of aliphatic hydroxyl groups excluding tert-OH is 1. The van der Waals surface area contributed by atoms with Gasteiger partial charge in [-0.15, -0.1) is 0 Å². The molecule has 0 saturated heterocycles. The Bertz CT molecular complexity index is 1380. The number of aliphatic hydroxyl groups is 1. The molecule has 3 rings (SSSR count). The molecule has 15 heteroatoms. The SMILES string of the molecule is CCOC(=O)COc1c(Br)cc(/C=N\N[C@H](O)COc2ccc([C@H]3NC(=O)NC(C)=C3C(=O)OC)cc2OCC)cc1Br. The molecular formula is C28H32Br2N4O9. The minimum absolute atomic E-state index is 0.179. The highest BCUT2D eigenvalue weighted by Crippen LogP contribution is 2.36. The van der Waals surface area contributed by atoms with Crippen LogP contribution in [0, 0.1) is 0 Å². The van der Waals surface area contributed by atoms with E-state index in [9.17, 15) is 19.5 Å². The van der Waals surface area contributed by atoms with Crippen LogP contribution in [0.4, 0.5) is 4.79 Å². The largest absolute Gasteiger partial charge is 0.490 e. The van der Waals surface area contributed by atoms with Gasteiger partial charge in [0.25, 0.3) is 0 Å². The molecule has 13 nitrogen and oxygen atoms in total. The minimum Gasteiger partial charge on any atom is -0.490 e. The number of hydrogen-bond donors (Lipinski definition) is 4. The number of benzene rings is 2. The summed E-state index contributed by atoms with van der Waals surface area (Å²) < 4.78 is 27.9. The van der Waals surface area contributed by atoms with E-state index >= 15 is 0 Å². The van der Waals surface area contributed by atoms with E-state index in [2.05, 4.69) is 53.0 Å². The fraction of sp³-hybridized carbons (Fsp3) is 0.357. The van der Waals surface area contributed by atoms with Crippen molar-refractivity contribution in [1.29, 1.82) is 0 Å². The van der Waals surface area contributed by atoms with Gasteiger partial charge in [-0.25, -0.2) is 14.4 Å². The molecule has 43 heavy (non-hydrogen) atoms. The molecule has 0 spiro atoms. The van der Waals surface area contributed by atoms with Crippen LogP contribution in [0.2, 0.25) is 0 Å². The molecule has 2 aromatic carbocycles. The van der Waals surface area contributed by atoms with Gasteiger partial charge < -0.3 is 39.4 Å². The number of hydrogen-bond acceptors (Lipinski definition) is 11. The average Bonchev–Trinajstić information content (AvgIpc) is 2.95. The number of rotatable bonds is 14. The first kappa shape index (κ1) is 33.7. The molecule has 0 aromatic heterocycles. The average molecular weight is 728 g/mol. The van der Waals surface area contributed by atoms with Crippen LogP contribution in [0.25, 0.3) is 0 Å².